The number of ketones is 1. The fourth-order valence-corrected chi connectivity index (χ4v) is 4.24. The summed E-state index contributed by atoms with van der Waals surface area (Å²) < 4.78 is 13.7. The summed E-state index contributed by atoms with van der Waals surface area (Å²) in [5.74, 6) is 0.761. The molecule has 2 rings (SSSR count). The topological polar surface area (TPSA) is 91.6 Å². The number of halogens is 2. The Balaban J connectivity index is 0.00000227. The minimum atomic E-state index is -0.773. The zero-order chi connectivity index (χ0) is 28.0. The van der Waals surface area contributed by atoms with E-state index in [1.807, 2.05) is 27.7 Å². The van der Waals surface area contributed by atoms with Crippen LogP contribution in [-0.2, 0) is 6.42 Å². The zero-order valence-corrected chi connectivity index (χ0v) is 23.1. The molecule has 7 nitrogen and oxygen atoms in total. The maximum absolute atomic E-state index is 13.1. The molecule has 2 N–H and O–H groups in total. The fourth-order valence-electron chi connectivity index (χ4n) is 4.04. The number of fused-ring (bicyclic) bond motifs is 1. The second kappa shape index (κ2) is 16.7. The van der Waals surface area contributed by atoms with Crippen molar-refractivity contribution in [1.82, 2.24) is 14.8 Å². The number of rotatable bonds is 8. The average molecular weight is 524 g/mol. The van der Waals surface area contributed by atoms with E-state index in [2.05, 4.69) is 17.7 Å². The highest BCUT2D eigenvalue weighted by Crippen LogP contribution is 2.32. The van der Waals surface area contributed by atoms with Crippen molar-refractivity contribution in [2.75, 3.05) is 32.7 Å². The summed E-state index contributed by atoms with van der Waals surface area (Å²) in [6, 6.07) is 0. The minimum Gasteiger partial charge on any atom is -0.502 e. The molecule has 0 aromatic carbocycles. The highest BCUT2D eigenvalue weighted by Gasteiger charge is 2.37. The summed E-state index contributed by atoms with van der Waals surface area (Å²) in [5.41, 5.74) is 0.107. The monoisotopic (exact) mass is 523 g/mol. The second-order valence-electron chi connectivity index (χ2n) is 8.04. The lowest BCUT2D eigenvalue weighted by atomic mass is 9.95. The molecule has 0 bridgehead atoms. The molecule has 1 aromatic heterocycles. The van der Waals surface area contributed by atoms with Crippen molar-refractivity contribution >= 4 is 23.3 Å². The molecule has 36 heavy (non-hydrogen) atoms. The number of aromatic hydroxyl groups is 1. The molecule has 1 aromatic rings. The van der Waals surface area contributed by atoms with Gasteiger partial charge in [-0.2, -0.15) is 0 Å². The van der Waals surface area contributed by atoms with E-state index in [1.165, 1.54) is 16.7 Å². The predicted octanol–water partition coefficient (Wildman–Crippen LogP) is 4.49. The van der Waals surface area contributed by atoms with Crippen LogP contribution in [0, 0.1) is 18.3 Å². The molecule has 9 heteroatoms. The molecule has 0 spiro atoms. The van der Waals surface area contributed by atoms with Crippen molar-refractivity contribution in [3.8, 4) is 18.1 Å². The van der Waals surface area contributed by atoms with E-state index in [9.17, 15) is 23.9 Å². The summed E-state index contributed by atoms with van der Waals surface area (Å²) in [6.07, 6.45) is 8.85. The number of carbonyl (C=O) groups excluding carboxylic acids is 2. The molecule has 0 saturated heterocycles. The van der Waals surface area contributed by atoms with Gasteiger partial charge in [0.25, 0.3) is 11.5 Å². The standard InChI is InChI=1S/C22H29ClFN3O4.C3H4.C2H6/c1-5-15-17(20(30)25-11-14(8-9-23)7-6-10-24)19(29)22(31)27-18(15)16(28)12-26(4)21(27)13(2)3;1-3-2;1-2/h6-8,13,21,29H,5,9-12H2,1-4H3,(H,25,30);1H,2H3;1-2H3/b7-6-,14-8+;;. The van der Waals surface area contributed by atoms with Crippen molar-refractivity contribution in [1.29, 1.82) is 0 Å². The first kappa shape index (κ1) is 33.1. The number of nitrogens with one attached hydrogen (secondary N) is 1. The van der Waals surface area contributed by atoms with Gasteiger partial charge in [0.1, 0.15) is 6.67 Å². The molecule has 1 aliphatic rings. The van der Waals surface area contributed by atoms with Gasteiger partial charge in [0.2, 0.25) is 0 Å². The molecule has 1 atom stereocenters. The van der Waals surface area contributed by atoms with E-state index in [1.54, 1.807) is 31.9 Å². The zero-order valence-electron chi connectivity index (χ0n) is 22.3. The van der Waals surface area contributed by atoms with Crippen LogP contribution in [0.3, 0.4) is 0 Å². The number of alkyl halides is 2. The first-order chi connectivity index (χ1) is 17.1. The van der Waals surface area contributed by atoms with Gasteiger partial charge in [-0.1, -0.05) is 52.8 Å². The number of aromatic nitrogens is 1. The molecule has 200 valence electrons. The van der Waals surface area contributed by atoms with Gasteiger partial charge in [-0.05, 0) is 37.4 Å². The first-order valence-corrected chi connectivity index (χ1v) is 12.5. The summed E-state index contributed by atoms with van der Waals surface area (Å²) >= 11 is 5.71. The van der Waals surface area contributed by atoms with E-state index >= 15 is 0 Å². The molecule has 1 aliphatic heterocycles. The molecular formula is C27H39ClFN3O4. The third-order valence-electron chi connectivity index (χ3n) is 5.25. The Morgan fingerprint density at radius 1 is 1.36 bits per heavy atom. The Bertz CT molecular complexity index is 1050. The van der Waals surface area contributed by atoms with Crippen LogP contribution in [0.25, 0.3) is 0 Å². The number of nitrogens with zero attached hydrogens (tertiary/aromatic N) is 2. The number of amides is 1. The molecule has 0 saturated carbocycles. The quantitative estimate of drug-likeness (QED) is 0.298. The van der Waals surface area contributed by atoms with Gasteiger partial charge in [-0.3, -0.25) is 23.9 Å². The number of carbonyl (C=O) groups is 2. The summed E-state index contributed by atoms with van der Waals surface area (Å²) in [7, 11) is 1.75. The lowest BCUT2D eigenvalue weighted by Gasteiger charge is -2.38. The largest absolute Gasteiger partial charge is 0.502 e. The number of hydrogen-bond acceptors (Lipinski definition) is 5. The van der Waals surface area contributed by atoms with Gasteiger partial charge in [0, 0.05) is 12.4 Å². The van der Waals surface area contributed by atoms with Crippen LogP contribution in [-0.4, -0.2) is 59.0 Å². The number of allylic oxidation sites excluding steroid dienone is 2. The Kier molecular flexibility index (Phi) is 15.4. The van der Waals surface area contributed by atoms with E-state index in [4.69, 9.17) is 11.6 Å². The van der Waals surface area contributed by atoms with Crippen molar-refractivity contribution in [3.63, 3.8) is 0 Å². The number of pyridine rings is 1. The Hall–Kier alpha value is -2.89. The number of hydrogen-bond donors (Lipinski definition) is 2. The van der Waals surface area contributed by atoms with Gasteiger partial charge >= 0.3 is 0 Å². The fraction of sp³-hybridized carbons (Fsp3) is 0.519. The molecule has 1 amide bonds. The van der Waals surface area contributed by atoms with Crippen LogP contribution in [0.2, 0.25) is 0 Å². The number of terminal acetylenes is 1. The van der Waals surface area contributed by atoms with Crippen LogP contribution in [0.1, 0.15) is 74.1 Å². The van der Waals surface area contributed by atoms with Crippen LogP contribution in [0.5, 0.6) is 5.75 Å². The van der Waals surface area contributed by atoms with Crippen molar-refractivity contribution < 1.29 is 19.1 Å². The van der Waals surface area contributed by atoms with Crippen LogP contribution < -0.4 is 10.9 Å². The van der Waals surface area contributed by atoms with Crippen LogP contribution >= 0.6 is 11.6 Å². The van der Waals surface area contributed by atoms with E-state index in [0.29, 0.717) is 11.1 Å². The lowest BCUT2D eigenvalue weighted by Crippen LogP contribution is -2.49. The van der Waals surface area contributed by atoms with Gasteiger partial charge < -0.3 is 10.4 Å². The van der Waals surface area contributed by atoms with Gasteiger partial charge in [-0.15, -0.1) is 23.9 Å². The molecule has 0 fully saturated rings. The highest BCUT2D eigenvalue weighted by atomic mass is 35.5. The molecule has 2 heterocycles. The maximum Gasteiger partial charge on any atom is 0.295 e. The second-order valence-corrected chi connectivity index (χ2v) is 8.35. The highest BCUT2D eigenvalue weighted by molar-refractivity contribution is 6.19. The number of Topliss-reactive ketones (excluding diaryl/α,β-unsaturated/α-hetero) is 1. The van der Waals surface area contributed by atoms with Gasteiger partial charge in [0.05, 0.1) is 24.0 Å². The lowest BCUT2D eigenvalue weighted by molar-refractivity contribution is 0.0659. The van der Waals surface area contributed by atoms with Crippen LogP contribution in [0.4, 0.5) is 4.39 Å². The maximum atomic E-state index is 13.1. The van der Waals surface area contributed by atoms with E-state index < -0.39 is 30.1 Å². The Morgan fingerprint density at radius 3 is 2.42 bits per heavy atom. The predicted molar refractivity (Wildman–Crippen MR) is 145 cm³/mol. The molecular weight excluding hydrogens is 485 g/mol. The molecule has 1 unspecified atom stereocenters. The third-order valence-corrected chi connectivity index (χ3v) is 5.40. The summed E-state index contributed by atoms with van der Waals surface area (Å²) in [6.45, 7) is 10.7. The number of likely N-dealkylation sites (N-methyl/N-ethyl adjacent to an activating group) is 1. The van der Waals surface area contributed by atoms with Crippen molar-refractivity contribution in [2.45, 2.75) is 54.1 Å². The van der Waals surface area contributed by atoms with E-state index in [0.717, 1.165) is 0 Å². The van der Waals surface area contributed by atoms with E-state index in [-0.39, 0.29) is 48.3 Å². The Morgan fingerprint density at radius 2 is 1.94 bits per heavy atom. The van der Waals surface area contributed by atoms with Crippen molar-refractivity contribution in [3.05, 3.63) is 51.0 Å². The molecule has 0 aliphatic carbocycles. The normalized spacial score (nSPS) is 15.4. The average Bonchev–Trinajstić information content (AvgIpc) is 2.84. The van der Waals surface area contributed by atoms with Crippen LogP contribution in [0.15, 0.2) is 28.6 Å². The summed E-state index contributed by atoms with van der Waals surface area (Å²) in [5, 5.41) is 13.3. The summed E-state index contributed by atoms with van der Waals surface area (Å²) in [4.78, 5) is 40.7. The van der Waals surface area contributed by atoms with Gasteiger partial charge in [0.15, 0.2) is 11.5 Å². The molecule has 0 radical (unpaired) electrons. The Labute approximate surface area is 219 Å². The van der Waals surface area contributed by atoms with Gasteiger partial charge in [-0.25, -0.2) is 4.39 Å². The first-order valence-electron chi connectivity index (χ1n) is 12.0. The third kappa shape index (κ3) is 8.07. The van der Waals surface area contributed by atoms with Crippen molar-refractivity contribution in [2.24, 2.45) is 5.92 Å². The smallest absolute Gasteiger partial charge is 0.295 e. The minimum absolute atomic E-state index is 0.0103. The SMILES string of the molecule is C#CC.CC.CCc1c(C(=O)NCC(/C=C\CF)=C/CCl)c(O)c(=O)n2c1C(=O)CN(C)C2C(C)C.